The molecule has 0 spiro atoms. The zero-order chi connectivity index (χ0) is 9.97. The van der Waals surface area contributed by atoms with Crippen LogP contribution < -0.4 is 5.32 Å². The Morgan fingerprint density at radius 3 is 3.21 bits per heavy atom. The number of benzene rings is 1. The van der Waals surface area contributed by atoms with Gasteiger partial charge in [-0.3, -0.25) is 0 Å². The minimum absolute atomic E-state index is 0.115. The van der Waals surface area contributed by atoms with Crippen molar-refractivity contribution < 1.29 is 9.13 Å². The molecular formula is C11H14FNO. The second kappa shape index (κ2) is 4.07. The first kappa shape index (κ1) is 9.62. The zero-order valence-electron chi connectivity index (χ0n) is 8.22. The largest absolute Gasteiger partial charge is 0.384 e. The Kier molecular flexibility index (Phi) is 2.79. The molecule has 1 aliphatic heterocycles. The predicted octanol–water partition coefficient (Wildman–Crippen LogP) is 1.66. The fourth-order valence-electron chi connectivity index (χ4n) is 1.98. The normalized spacial score (nSPS) is 20.6. The molecule has 14 heavy (non-hydrogen) atoms. The maximum Gasteiger partial charge on any atom is 0.127 e. The quantitative estimate of drug-likeness (QED) is 0.775. The highest BCUT2D eigenvalue weighted by Crippen LogP contribution is 2.25. The average Bonchev–Trinajstić information content (AvgIpc) is 2.20. The zero-order valence-corrected chi connectivity index (χ0v) is 8.22. The van der Waals surface area contributed by atoms with Crippen LogP contribution in [0, 0.1) is 5.82 Å². The fourth-order valence-corrected chi connectivity index (χ4v) is 1.98. The van der Waals surface area contributed by atoms with Gasteiger partial charge in [-0.1, -0.05) is 12.1 Å². The third kappa shape index (κ3) is 1.65. The molecule has 0 aromatic heterocycles. The monoisotopic (exact) mass is 195 g/mol. The van der Waals surface area contributed by atoms with Crippen LogP contribution in [-0.2, 0) is 11.3 Å². The number of fused-ring (bicyclic) bond motifs is 1. The van der Waals surface area contributed by atoms with E-state index in [4.69, 9.17) is 4.74 Å². The van der Waals surface area contributed by atoms with Crippen LogP contribution in [0.2, 0.25) is 0 Å². The van der Waals surface area contributed by atoms with Crippen molar-refractivity contribution in [3.63, 3.8) is 0 Å². The van der Waals surface area contributed by atoms with Crippen LogP contribution in [0.5, 0.6) is 0 Å². The Morgan fingerprint density at radius 2 is 2.43 bits per heavy atom. The van der Waals surface area contributed by atoms with Gasteiger partial charge in [-0.15, -0.1) is 0 Å². The number of hydrogen-bond donors (Lipinski definition) is 1. The Morgan fingerprint density at radius 1 is 1.57 bits per heavy atom. The van der Waals surface area contributed by atoms with Crippen LogP contribution in [0.3, 0.4) is 0 Å². The van der Waals surface area contributed by atoms with Crippen molar-refractivity contribution in [1.29, 1.82) is 0 Å². The van der Waals surface area contributed by atoms with Gasteiger partial charge in [-0.05, 0) is 11.6 Å². The van der Waals surface area contributed by atoms with E-state index >= 15 is 0 Å². The lowest BCUT2D eigenvalue weighted by molar-refractivity contribution is 0.174. The van der Waals surface area contributed by atoms with E-state index in [1.165, 1.54) is 6.07 Å². The van der Waals surface area contributed by atoms with Crippen molar-refractivity contribution in [1.82, 2.24) is 5.32 Å². The molecule has 76 valence electrons. The Balaban J connectivity index is 2.34. The Bertz CT molecular complexity index is 327. The van der Waals surface area contributed by atoms with E-state index in [1.807, 2.05) is 6.07 Å². The van der Waals surface area contributed by atoms with Crippen LogP contribution in [0.4, 0.5) is 4.39 Å². The summed E-state index contributed by atoms with van der Waals surface area (Å²) in [5.74, 6) is 0.162. The SMILES string of the molecule is COCC1CNCc2c(F)cccc21. The topological polar surface area (TPSA) is 21.3 Å². The molecule has 1 aliphatic rings. The molecule has 1 unspecified atom stereocenters. The van der Waals surface area contributed by atoms with E-state index in [9.17, 15) is 4.39 Å². The van der Waals surface area contributed by atoms with Crippen molar-refractivity contribution in [2.75, 3.05) is 20.3 Å². The highest BCUT2D eigenvalue weighted by molar-refractivity contribution is 5.34. The van der Waals surface area contributed by atoms with Crippen LogP contribution in [0.25, 0.3) is 0 Å². The maximum atomic E-state index is 13.4. The summed E-state index contributed by atoms with van der Waals surface area (Å²) in [6.45, 7) is 2.13. The van der Waals surface area contributed by atoms with Crippen molar-refractivity contribution >= 4 is 0 Å². The van der Waals surface area contributed by atoms with Crippen LogP contribution in [-0.4, -0.2) is 20.3 Å². The van der Waals surface area contributed by atoms with E-state index in [2.05, 4.69) is 5.32 Å². The van der Waals surface area contributed by atoms with Gasteiger partial charge in [0.1, 0.15) is 5.82 Å². The first-order valence-corrected chi connectivity index (χ1v) is 4.80. The second-order valence-electron chi connectivity index (χ2n) is 3.59. The van der Waals surface area contributed by atoms with Gasteiger partial charge in [0.25, 0.3) is 0 Å². The standard InChI is InChI=1S/C11H14FNO/c1-14-7-8-5-13-6-10-9(8)3-2-4-11(10)12/h2-4,8,13H,5-7H2,1H3. The smallest absolute Gasteiger partial charge is 0.127 e. The highest BCUT2D eigenvalue weighted by Gasteiger charge is 2.21. The molecular weight excluding hydrogens is 181 g/mol. The van der Waals surface area contributed by atoms with E-state index < -0.39 is 0 Å². The molecule has 1 N–H and O–H groups in total. The number of rotatable bonds is 2. The summed E-state index contributed by atoms with van der Waals surface area (Å²) in [5.41, 5.74) is 1.88. The van der Waals surface area contributed by atoms with Gasteiger partial charge in [0.15, 0.2) is 0 Å². The van der Waals surface area contributed by atoms with E-state index in [0.29, 0.717) is 13.2 Å². The van der Waals surface area contributed by atoms with E-state index in [-0.39, 0.29) is 11.7 Å². The molecule has 0 bridgehead atoms. The van der Waals surface area contributed by atoms with Crippen molar-refractivity contribution in [2.45, 2.75) is 12.5 Å². The summed E-state index contributed by atoms with van der Waals surface area (Å²) < 4.78 is 18.5. The van der Waals surface area contributed by atoms with Crippen LogP contribution >= 0.6 is 0 Å². The van der Waals surface area contributed by atoms with E-state index in [0.717, 1.165) is 17.7 Å². The number of ether oxygens (including phenoxy) is 1. The molecule has 2 rings (SSSR count). The van der Waals surface area contributed by atoms with Crippen LogP contribution in [0.1, 0.15) is 17.0 Å². The van der Waals surface area contributed by atoms with Crippen molar-refractivity contribution in [2.24, 2.45) is 0 Å². The molecule has 0 saturated carbocycles. The van der Waals surface area contributed by atoms with E-state index in [1.54, 1.807) is 13.2 Å². The Labute approximate surface area is 83.1 Å². The molecule has 2 nitrogen and oxygen atoms in total. The fraction of sp³-hybridized carbons (Fsp3) is 0.455. The van der Waals surface area contributed by atoms with Gasteiger partial charge in [0, 0.05) is 31.7 Å². The molecule has 1 aromatic carbocycles. The van der Waals surface area contributed by atoms with Gasteiger partial charge in [0.05, 0.1) is 6.61 Å². The summed E-state index contributed by atoms with van der Waals surface area (Å²) in [6.07, 6.45) is 0. The third-order valence-electron chi connectivity index (χ3n) is 2.66. The summed E-state index contributed by atoms with van der Waals surface area (Å²) in [4.78, 5) is 0. The number of nitrogens with one attached hydrogen (secondary N) is 1. The van der Waals surface area contributed by atoms with Gasteiger partial charge in [-0.25, -0.2) is 4.39 Å². The van der Waals surface area contributed by atoms with Crippen molar-refractivity contribution in [3.8, 4) is 0 Å². The van der Waals surface area contributed by atoms with Gasteiger partial charge >= 0.3 is 0 Å². The third-order valence-corrected chi connectivity index (χ3v) is 2.66. The summed E-state index contributed by atoms with van der Waals surface area (Å²) in [5, 5.41) is 3.20. The van der Waals surface area contributed by atoms with Gasteiger partial charge in [-0.2, -0.15) is 0 Å². The molecule has 1 atom stereocenters. The average molecular weight is 195 g/mol. The molecule has 0 aliphatic carbocycles. The lowest BCUT2D eigenvalue weighted by Gasteiger charge is -2.26. The minimum Gasteiger partial charge on any atom is -0.384 e. The lowest BCUT2D eigenvalue weighted by atomic mass is 9.91. The number of hydrogen-bond acceptors (Lipinski definition) is 2. The summed E-state index contributed by atoms with van der Waals surface area (Å²) >= 11 is 0. The first-order valence-electron chi connectivity index (χ1n) is 4.80. The summed E-state index contributed by atoms with van der Waals surface area (Å²) in [7, 11) is 1.67. The predicted molar refractivity (Wildman–Crippen MR) is 52.7 cm³/mol. The molecule has 1 heterocycles. The molecule has 0 saturated heterocycles. The minimum atomic E-state index is -0.115. The molecule has 0 radical (unpaired) electrons. The number of methoxy groups -OCH3 is 1. The van der Waals surface area contributed by atoms with Gasteiger partial charge in [0.2, 0.25) is 0 Å². The first-order chi connectivity index (χ1) is 6.83. The maximum absolute atomic E-state index is 13.4. The molecule has 0 amide bonds. The Hall–Kier alpha value is -0.930. The van der Waals surface area contributed by atoms with Crippen molar-refractivity contribution in [3.05, 3.63) is 35.1 Å². The van der Waals surface area contributed by atoms with Gasteiger partial charge < -0.3 is 10.1 Å². The molecule has 1 aromatic rings. The lowest BCUT2D eigenvalue weighted by Crippen LogP contribution is -2.31. The molecule has 3 heteroatoms. The second-order valence-corrected chi connectivity index (χ2v) is 3.59. The highest BCUT2D eigenvalue weighted by atomic mass is 19.1. The molecule has 0 fully saturated rings. The number of halogens is 1. The van der Waals surface area contributed by atoms with Crippen LogP contribution in [0.15, 0.2) is 18.2 Å². The summed E-state index contributed by atoms with van der Waals surface area (Å²) in [6, 6.07) is 5.26.